The third-order valence-corrected chi connectivity index (χ3v) is 7.00. The van der Waals surface area contributed by atoms with Gasteiger partial charge in [-0.2, -0.15) is 0 Å². The summed E-state index contributed by atoms with van der Waals surface area (Å²) in [5, 5.41) is 3.62. The van der Waals surface area contributed by atoms with E-state index in [9.17, 15) is 0 Å². The van der Waals surface area contributed by atoms with Crippen LogP contribution in [0, 0.1) is 0 Å². The van der Waals surface area contributed by atoms with Crippen molar-refractivity contribution in [1.29, 1.82) is 0 Å². The first-order chi connectivity index (χ1) is 14.8. The fourth-order valence-electron chi connectivity index (χ4n) is 5.25. The summed E-state index contributed by atoms with van der Waals surface area (Å²) in [7, 11) is 0. The number of ether oxygens (including phenoxy) is 1. The average molecular weight is 397 g/mol. The van der Waals surface area contributed by atoms with E-state index in [4.69, 9.17) is 4.74 Å². The van der Waals surface area contributed by atoms with Gasteiger partial charge in [0.25, 0.3) is 0 Å². The lowest BCUT2D eigenvalue weighted by atomic mass is 9.85. The summed E-state index contributed by atoms with van der Waals surface area (Å²) in [5.74, 6) is 1.64. The Bertz CT molecular complexity index is 1090. The molecule has 0 spiro atoms. The molecule has 0 fully saturated rings. The van der Waals surface area contributed by atoms with Crippen LogP contribution in [0.1, 0.15) is 40.2 Å². The van der Waals surface area contributed by atoms with E-state index in [1.807, 2.05) is 0 Å². The maximum atomic E-state index is 5.90. The van der Waals surface area contributed by atoms with E-state index in [0.29, 0.717) is 5.92 Å². The number of nitrogens with zero attached hydrogens (tertiary/aromatic N) is 1. The van der Waals surface area contributed by atoms with Gasteiger partial charge >= 0.3 is 0 Å². The molecule has 152 valence electrons. The molecule has 0 saturated heterocycles. The smallest absolute Gasteiger partial charge is 0.124 e. The Morgan fingerprint density at radius 2 is 1.80 bits per heavy atom. The highest BCUT2D eigenvalue weighted by Crippen LogP contribution is 2.34. The number of nitrogens with one attached hydrogen (secondary N) is 1. The van der Waals surface area contributed by atoms with Gasteiger partial charge in [0.05, 0.1) is 6.61 Å². The number of hydrogen-bond acceptors (Lipinski definition) is 3. The highest BCUT2D eigenvalue weighted by molar-refractivity contribution is 5.57. The lowest BCUT2D eigenvalue weighted by molar-refractivity contribution is 0.288. The van der Waals surface area contributed by atoms with Crippen molar-refractivity contribution in [2.75, 3.05) is 29.9 Å². The van der Waals surface area contributed by atoms with Gasteiger partial charge in [-0.05, 0) is 65.6 Å². The van der Waals surface area contributed by atoms with Gasteiger partial charge in [-0.1, -0.05) is 42.5 Å². The predicted molar refractivity (Wildman–Crippen MR) is 123 cm³/mol. The van der Waals surface area contributed by atoms with Gasteiger partial charge in [0, 0.05) is 43.0 Å². The van der Waals surface area contributed by atoms with Gasteiger partial charge in [0.1, 0.15) is 5.75 Å². The molecule has 0 bridgehead atoms. The summed E-state index contributed by atoms with van der Waals surface area (Å²) < 4.78 is 5.90. The first kappa shape index (κ1) is 17.9. The number of rotatable bonds is 2. The minimum Gasteiger partial charge on any atom is -0.493 e. The summed E-state index contributed by atoms with van der Waals surface area (Å²) >= 11 is 0. The standard InChI is InChI=1S/C27H28N2O/c1-2-6-26-22(4-1)15-24(17-28-26)20-7-8-23-18-29(12-11-21(23)14-20)25-10-9-19-5-3-13-30-27(19)16-25/h1-2,4,6-10,14,16,24,28H,3,5,11-13,15,17-18H2. The molecule has 6 rings (SSSR count). The van der Waals surface area contributed by atoms with E-state index >= 15 is 0 Å². The molecule has 1 atom stereocenters. The van der Waals surface area contributed by atoms with Crippen LogP contribution in [0.3, 0.4) is 0 Å². The quantitative estimate of drug-likeness (QED) is 0.634. The zero-order chi connectivity index (χ0) is 19.9. The molecule has 0 saturated carbocycles. The van der Waals surface area contributed by atoms with Crippen LogP contribution >= 0.6 is 0 Å². The van der Waals surface area contributed by atoms with E-state index < -0.39 is 0 Å². The van der Waals surface area contributed by atoms with Crippen LogP contribution in [0.2, 0.25) is 0 Å². The van der Waals surface area contributed by atoms with Gasteiger partial charge in [0.15, 0.2) is 0 Å². The van der Waals surface area contributed by atoms with Gasteiger partial charge in [-0.3, -0.25) is 0 Å². The lowest BCUT2D eigenvalue weighted by Gasteiger charge is -2.33. The molecule has 1 N–H and O–H groups in total. The van der Waals surface area contributed by atoms with E-state index in [2.05, 4.69) is 70.9 Å². The van der Waals surface area contributed by atoms with Gasteiger partial charge in [0.2, 0.25) is 0 Å². The molecule has 0 aliphatic carbocycles. The minimum absolute atomic E-state index is 0.557. The Balaban J connectivity index is 1.21. The normalized spacial score (nSPS) is 19.7. The molecule has 0 amide bonds. The van der Waals surface area contributed by atoms with E-state index in [1.54, 1.807) is 0 Å². The zero-order valence-corrected chi connectivity index (χ0v) is 17.4. The summed E-state index contributed by atoms with van der Waals surface area (Å²) in [5.41, 5.74) is 9.85. The third-order valence-electron chi connectivity index (χ3n) is 7.00. The van der Waals surface area contributed by atoms with Crippen molar-refractivity contribution in [3.63, 3.8) is 0 Å². The Morgan fingerprint density at radius 3 is 2.80 bits per heavy atom. The summed E-state index contributed by atoms with van der Waals surface area (Å²) in [4.78, 5) is 2.50. The molecule has 0 aromatic heterocycles. The second kappa shape index (κ2) is 7.39. The highest BCUT2D eigenvalue weighted by Gasteiger charge is 2.23. The second-order valence-corrected chi connectivity index (χ2v) is 8.88. The Hall–Kier alpha value is -2.94. The minimum atomic E-state index is 0.557. The average Bonchev–Trinajstić information content (AvgIpc) is 2.83. The lowest BCUT2D eigenvalue weighted by Crippen LogP contribution is -2.31. The number of aryl methyl sites for hydroxylation is 1. The Kier molecular flexibility index (Phi) is 4.40. The fraction of sp³-hybridized carbons (Fsp3) is 0.333. The Morgan fingerprint density at radius 1 is 0.867 bits per heavy atom. The van der Waals surface area contributed by atoms with Crippen LogP contribution in [-0.2, 0) is 25.8 Å². The summed E-state index contributed by atoms with van der Waals surface area (Å²) in [6, 6.07) is 22.7. The first-order valence-corrected chi connectivity index (χ1v) is 11.3. The molecule has 3 heteroatoms. The predicted octanol–water partition coefficient (Wildman–Crippen LogP) is 5.33. The number of benzene rings is 3. The van der Waals surface area contributed by atoms with Crippen LogP contribution in [-0.4, -0.2) is 19.7 Å². The van der Waals surface area contributed by atoms with Crippen molar-refractivity contribution in [1.82, 2.24) is 0 Å². The van der Waals surface area contributed by atoms with Crippen LogP contribution in [0.15, 0.2) is 60.7 Å². The van der Waals surface area contributed by atoms with Gasteiger partial charge in [-0.25, -0.2) is 0 Å². The van der Waals surface area contributed by atoms with Crippen molar-refractivity contribution in [3.05, 3.63) is 88.5 Å². The van der Waals surface area contributed by atoms with Crippen LogP contribution in [0.25, 0.3) is 0 Å². The van der Waals surface area contributed by atoms with E-state index in [1.165, 1.54) is 39.2 Å². The molecule has 3 aliphatic rings. The van der Waals surface area contributed by atoms with Crippen molar-refractivity contribution in [2.45, 2.75) is 38.1 Å². The van der Waals surface area contributed by atoms with Crippen molar-refractivity contribution in [3.8, 4) is 5.75 Å². The molecular formula is C27H28N2O. The SMILES string of the molecule is c1ccc2c(c1)CC(c1ccc3c(c1)CCN(c1ccc4c(c1)OCCC4)C3)CN2. The highest BCUT2D eigenvalue weighted by atomic mass is 16.5. The monoisotopic (exact) mass is 396 g/mol. The molecule has 3 aromatic carbocycles. The molecule has 0 radical (unpaired) electrons. The molecule has 3 nitrogen and oxygen atoms in total. The third kappa shape index (κ3) is 3.23. The molecule has 3 aliphatic heterocycles. The fourth-order valence-corrected chi connectivity index (χ4v) is 5.25. The van der Waals surface area contributed by atoms with Crippen molar-refractivity contribution in [2.24, 2.45) is 0 Å². The van der Waals surface area contributed by atoms with Crippen LogP contribution < -0.4 is 15.0 Å². The number of anilines is 2. The first-order valence-electron chi connectivity index (χ1n) is 11.3. The van der Waals surface area contributed by atoms with Crippen LogP contribution in [0.5, 0.6) is 5.75 Å². The van der Waals surface area contributed by atoms with E-state index in [0.717, 1.165) is 57.7 Å². The maximum absolute atomic E-state index is 5.90. The maximum Gasteiger partial charge on any atom is 0.124 e. The van der Waals surface area contributed by atoms with Crippen LogP contribution in [0.4, 0.5) is 11.4 Å². The number of hydrogen-bond donors (Lipinski definition) is 1. The Labute approximate surface area is 178 Å². The summed E-state index contributed by atoms with van der Waals surface area (Å²) in [6.45, 7) is 3.93. The molecule has 3 heterocycles. The number of para-hydroxylation sites is 1. The molecule has 1 unspecified atom stereocenters. The summed E-state index contributed by atoms with van der Waals surface area (Å²) in [6.07, 6.45) is 4.51. The van der Waals surface area contributed by atoms with E-state index in [-0.39, 0.29) is 0 Å². The number of fused-ring (bicyclic) bond motifs is 3. The molecule has 3 aromatic rings. The molecule has 30 heavy (non-hydrogen) atoms. The van der Waals surface area contributed by atoms with Crippen molar-refractivity contribution >= 4 is 11.4 Å². The van der Waals surface area contributed by atoms with Crippen molar-refractivity contribution < 1.29 is 4.74 Å². The zero-order valence-electron chi connectivity index (χ0n) is 17.4. The van der Waals surface area contributed by atoms with Gasteiger partial charge < -0.3 is 15.0 Å². The second-order valence-electron chi connectivity index (χ2n) is 8.88. The topological polar surface area (TPSA) is 24.5 Å². The van der Waals surface area contributed by atoms with Gasteiger partial charge in [-0.15, -0.1) is 0 Å². The molecular weight excluding hydrogens is 368 g/mol. The largest absolute Gasteiger partial charge is 0.493 e.